The molecule has 4 heteroatoms. The van der Waals surface area contributed by atoms with Crippen LogP contribution in [0, 0.1) is 5.82 Å². The normalized spacial score (nSPS) is 11.0. The molecular formula is C18H12FN3. The van der Waals surface area contributed by atoms with Crippen molar-refractivity contribution in [1.29, 1.82) is 0 Å². The van der Waals surface area contributed by atoms with Crippen LogP contribution in [0.2, 0.25) is 0 Å². The summed E-state index contributed by atoms with van der Waals surface area (Å²) >= 11 is 0. The van der Waals surface area contributed by atoms with Crippen LogP contribution in [0.4, 0.5) is 4.39 Å². The Morgan fingerprint density at radius 3 is 2.36 bits per heavy atom. The van der Waals surface area contributed by atoms with Crippen molar-refractivity contribution in [3.05, 3.63) is 79.0 Å². The fourth-order valence-corrected chi connectivity index (χ4v) is 2.59. The third kappa shape index (κ3) is 2.05. The van der Waals surface area contributed by atoms with Gasteiger partial charge in [-0.2, -0.15) is 0 Å². The number of halogens is 1. The maximum Gasteiger partial charge on any atom is 0.137 e. The molecule has 3 nitrogen and oxygen atoms in total. The Morgan fingerprint density at radius 2 is 1.59 bits per heavy atom. The van der Waals surface area contributed by atoms with E-state index < -0.39 is 0 Å². The lowest BCUT2D eigenvalue weighted by Gasteiger charge is -2.05. The summed E-state index contributed by atoms with van der Waals surface area (Å²) < 4.78 is 15.2. The lowest BCUT2D eigenvalue weighted by atomic mass is 10.1. The molecule has 4 rings (SSSR count). The molecule has 1 aromatic carbocycles. The molecular weight excluding hydrogens is 277 g/mol. The van der Waals surface area contributed by atoms with E-state index in [1.807, 2.05) is 40.9 Å². The first-order chi connectivity index (χ1) is 10.8. The number of hydrogen-bond acceptors (Lipinski definition) is 2. The second-order valence-electron chi connectivity index (χ2n) is 4.98. The molecule has 0 aliphatic rings. The van der Waals surface area contributed by atoms with Crippen LogP contribution in [0.25, 0.3) is 28.2 Å². The number of benzene rings is 1. The van der Waals surface area contributed by atoms with E-state index in [1.54, 1.807) is 24.5 Å². The van der Waals surface area contributed by atoms with E-state index in [4.69, 9.17) is 4.98 Å². The quantitative estimate of drug-likeness (QED) is 0.553. The summed E-state index contributed by atoms with van der Waals surface area (Å²) in [6.07, 6.45) is 5.49. The van der Waals surface area contributed by atoms with Gasteiger partial charge in [-0.15, -0.1) is 0 Å². The van der Waals surface area contributed by atoms with Crippen molar-refractivity contribution in [2.75, 3.05) is 0 Å². The molecule has 0 saturated heterocycles. The summed E-state index contributed by atoms with van der Waals surface area (Å²) in [6.45, 7) is 0. The highest BCUT2D eigenvalue weighted by molar-refractivity contribution is 5.81. The van der Waals surface area contributed by atoms with Gasteiger partial charge in [-0.1, -0.05) is 6.07 Å². The number of nitrogens with zero attached hydrogens (tertiary/aromatic N) is 3. The molecule has 0 radical (unpaired) electrons. The third-order valence-electron chi connectivity index (χ3n) is 3.60. The van der Waals surface area contributed by atoms with E-state index in [1.165, 1.54) is 12.1 Å². The molecule has 0 fully saturated rings. The maximum absolute atomic E-state index is 13.2. The van der Waals surface area contributed by atoms with Gasteiger partial charge in [-0.3, -0.25) is 9.38 Å². The number of fused-ring (bicyclic) bond motifs is 1. The Morgan fingerprint density at radius 1 is 0.818 bits per heavy atom. The van der Waals surface area contributed by atoms with Crippen molar-refractivity contribution >= 4 is 5.65 Å². The first-order valence-corrected chi connectivity index (χ1v) is 6.96. The van der Waals surface area contributed by atoms with E-state index in [0.717, 1.165) is 28.2 Å². The van der Waals surface area contributed by atoms with Crippen LogP contribution in [-0.2, 0) is 0 Å². The van der Waals surface area contributed by atoms with E-state index in [0.29, 0.717) is 0 Å². The molecule has 0 amide bonds. The maximum atomic E-state index is 13.2. The standard InChI is InChI=1S/C18H12FN3/c19-15-6-4-13(5-7-15)17-18(14-8-10-20-11-9-14)22-12-2-1-3-16(22)21-17/h1-12H. The molecule has 106 valence electrons. The minimum absolute atomic E-state index is 0.252. The Bertz CT molecular complexity index is 928. The van der Waals surface area contributed by atoms with Crippen LogP contribution in [0.3, 0.4) is 0 Å². The van der Waals surface area contributed by atoms with Crippen LogP contribution >= 0.6 is 0 Å². The van der Waals surface area contributed by atoms with Crippen molar-refractivity contribution in [3.8, 4) is 22.5 Å². The zero-order valence-corrected chi connectivity index (χ0v) is 11.6. The first kappa shape index (κ1) is 12.7. The predicted octanol–water partition coefficient (Wildman–Crippen LogP) is 4.20. The number of aromatic nitrogens is 3. The van der Waals surface area contributed by atoms with Crippen LogP contribution in [-0.4, -0.2) is 14.4 Å². The largest absolute Gasteiger partial charge is 0.299 e. The Kier molecular flexibility index (Phi) is 2.93. The first-order valence-electron chi connectivity index (χ1n) is 6.96. The summed E-state index contributed by atoms with van der Waals surface area (Å²) in [7, 11) is 0. The molecule has 0 bridgehead atoms. The monoisotopic (exact) mass is 289 g/mol. The number of hydrogen-bond donors (Lipinski definition) is 0. The van der Waals surface area contributed by atoms with Gasteiger partial charge in [0.25, 0.3) is 0 Å². The summed E-state index contributed by atoms with van der Waals surface area (Å²) in [4.78, 5) is 8.78. The second-order valence-corrected chi connectivity index (χ2v) is 4.98. The van der Waals surface area contributed by atoms with Crippen LogP contribution < -0.4 is 0 Å². The molecule has 0 atom stereocenters. The van der Waals surface area contributed by atoms with E-state index in [-0.39, 0.29) is 5.82 Å². The molecule has 0 aliphatic carbocycles. The van der Waals surface area contributed by atoms with Gasteiger partial charge in [0.2, 0.25) is 0 Å². The number of pyridine rings is 2. The zero-order chi connectivity index (χ0) is 14.9. The molecule has 4 aromatic rings. The van der Waals surface area contributed by atoms with E-state index >= 15 is 0 Å². The van der Waals surface area contributed by atoms with Gasteiger partial charge < -0.3 is 0 Å². The highest BCUT2D eigenvalue weighted by Gasteiger charge is 2.15. The van der Waals surface area contributed by atoms with Gasteiger partial charge in [0.05, 0.1) is 11.4 Å². The molecule has 3 aromatic heterocycles. The summed E-state index contributed by atoms with van der Waals surface area (Å²) in [5.41, 5.74) is 4.57. The van der Waals surface area contributed by atoms with Crippen molar-refractivity contribution < 1.29 is 4.39 Å². The van der Waals surface area contributed by atoms with Crippen molar-refractivity contribution in [2.24, 2.45) is 0 Å². The van der Waals surface area contributed by atoms with E-state index in [2.05, 4.69) is 4.98 Å². The SMILES string of the molecule is Fc1ccc(-c2nc3ccccn3c2-c2ccncc2)cc1. The van der Waals surface area contributed by atoms with Crippen molar-refractivity contribution in [3.63, 3.8) is 0 Å². The second kappa shape index (κ2) is 5.07. The van der Waals surface area contributed by atoms with Gasteiger partial charge in [0.15, 0.2) is 0 Å². The molecule has 0 N–H and O–H groups in total. The van der Waals surface area contributed by atoms with Crippen LogP contribution in [0.15, 0.2) is 73.2 Å². The minimum Gasteiger partial charge on any atom is -0.299 e. The molecule has 0 unspecified atom stereocenters. The lowest BCUT2D eigenvalue weighted by molar-refractivity contribution is 0.628. The van der Waals surface area contributed by atoms with Gasteiger partial charge in [-0.25, -0.2) is 9.37 Å². The van der Waals surface area contributed by atoms with E-state index in [9.17, 15) is 4.39 Å². The predicted molar refractivity (Wildman–Crippen MR) is 83.8 cm³/mol. The van der Waals surface area contributed by atoms with Gasteiger partial charge in [0, 0.05) is 29.7 Å². The average molecular weight is 289 g/mol. The van der Waals surface area contributed by atoms with Crippen LogP contribution in [0.5, 0.6) is 0 Å². The molecule has 0 saturated carbocycles. The van der Waals surface area contributed by atoms with Gasteiger partial charge in [0.1, 0.15) is 11.5 Å². The highest BCUT2D eigenvalue weighted by Crippen LogP contribution is 2.32. The summed E-state index contributed by atoms with van der Waals surface area (Å²) in [5, 5.41) is 0. The third-order valence-corrected chi connectivity index (χ3v) is 3.60. The Balaban J connectivity index is 2.04. The Labute approximate surface area is 126 Å². The highest BCUT2D eigenvalue weighted by atomic mass is 19.1. The zero-order valence-electron chi connectivity index (χ0n) is 11.6. The topological polar surface area (TPSA) is 30.2 Å². The summed E-state index contributed by atoms with van der Waals surface area (Å²) in [6, 6.07) is 16.2. The molecule has 0 spiro atoms. The lowest BCUT2D eigenvalue weighted by Crippen LogP contribution is -1.89. The fraction of sp³-hybridized carbons (Fsp3) is 0. The molecule has 0 aliphatic heterocycles. The smallest absolute Gasteiger partial charge is 0.137 e. The number of rotatable bonds is 2. The van der Waals surface area contributed by atoms with Crippen LogP contribution in [0.1, 0.15) is 0 Å². The fourth-order valence-electron chi connectivity index (χ4n) is 2.59. The minimum atomic E-state index is -0.252. The summed E-state index contributed by atoms with van der Waals surface area (Å²) in [5.74, 6) is -0.252. The van der Waals surface area contributed by atoms with Gasteiger partial charge >= 0.3 is 0 Å². The van der Waals surface area contributed by atoms with Gasteiger partial charge in [-0.05, 0) is 48.5 Å². The number of imidazole rings is 1. The van der Waals surface area contributed by atoms with Crippen molar-refractivity contribution in [1.82, 2.24) is 14.4 Å². The molecule has 3 heterocycles. The molecule has 22 heavy (non-hydrogen) atoms. The van der Waals surface area contributed by atoms with Crippen molar-refractivity contribution in [2.45, 2.75) is 0 Å². The average Bonchev–Trinajstić information content (AvgIpc) is 2.96. The Hall–Kier alpha value is -3.01.